The van der Waals surface area contributed by atoms with Gasteiger partial charge in [-0.25, -0.2) is 0 Å². The lowest BCUT2D eigenvalue weighted by atomic mass is 9.88. The number of nitrogens with one attached hydrogen (secondary N) is 1. The summed E-state index contributed by atoms with van der Waals surface area (Å²) in [5.74, 6) is 0. The summed E-state index contributed by atoms with van der Waals surface area (Å²) in [5.41, 5.74) is 0.267. The highest BCUT2D eigenvalue weighted by atomic mass is 16.7. The van der Waals surface area contributed by atoms with E-state index in [0.29, 0.717) is 19.3 Å². The quantitative estimate of drug-likeness (QED) is 0.664. The standard InChI is InChI=1S/C12H27NO2/c1-7-14-11(15-8-2)9-13-10(3)12(4,5)6/h10-11,13H,7-9H2,1-6H3. The third kappa shape index (κ3) is 6.88. The number of hydrogen-bond donors (Lipinski definition) is 1. The molecule has 0 heterocycles. The average Bonchev–Trinajstić information content (AvgIpc) is 2.12. The summed E-state index contributed by atoms with van der Waals surface area (Å²) in [6.07, 6.45) is -0.121. The molecule has 92 valence electrons. The fourth-order valence-corrected chi connectivity index (χ4v) is 1.12. The van der Waals surface area contributed by atoms with Crippen LogP contribution in [-0.4, -0.2) is 32.1 Å². The zero-order valence-corrected chi connectivity index (χ0v) is 11.1. The van der Waals surface area contributed by atoms with Crippen LogP contribution >= 0.6 is 0 Å². The largest absolute Gasteiger partial charge is 0.352 e. The Labute approximate surface area is 94.5 Å². The van der Waals surface area contributed by atoms with E-state index < -0.39 is 0 Å². The molecule has 0 bridgehead atoms. The van der Waals surface area contributed by atoms with Crippen molar-refractivity contribution in [3.8, 4) is 0 Å². The Hall–Kier alpha value is -0.120. The van der Waals surface area contributed by atoms with E-state index in [1.807, 2.05) is 13.8 Å². The van der Waals surface area contributed by atoms with Crippen molar-refractivity contribution in [1.82, 2.24) is 5.32 Å². The van der Waals surface area contributed by atoms with Crippen LogP contribution in [-0.2, 0) is 9.47 Å². The van der Waals surface area contributed by atoms with Crippen LogP contribution in [0.15, 0.2) is 0 Å². The molecular weight excluding hydrogens is 190 g/mol. The molecule has 0 aromatic carbocycles. The molecule has 3 heteroatoms. The highest BCUT2D eigenvalue weighted by Gasteiger charge is 2.20. The average molecular weight is 217 g/mol. The molecule has 1 unspecified atom stereocenters. The van der Waals surface area contributed by atoms with Crippen LogP contribution < -0.4 is 5.32 Å². The first-order chi connectivity index (χ1) is 6.91. The van der Waals surface area contributed by atoms with Gasteiger partial charge in [0.2, 0.25) is 0 Å². The predicted molar refractivity (Wildman–Crippen MR) is 64.0 cm³/mol. The molecule has 0 aromatic heterocycles. The smallest absolute Gasteiger partial charge is 0.169 e. The van der Waals surface area contributed by atoms with Crippen molar-refractivity contribution in [3.63, 3.8) is 0 Å². The lowest BCUT2D eigenvalue weighted by Crippen LogP contribution is -2.43. The van der Waals surface area contributed by atoms with Crippen LogP contribution in [0.4, 0.5) is 0 Å². The molecule has 3 nitrogen and oxygen atoms in total. The van der Waals surface area contributed by atoms with E-state index in [9.17, 15) is 0 Å². The van der Waals surface area contributed by atoms with Crippen LogP contribution in [0.3, 0.4) is 0 Å². The Bertz CT molecular complexity index is 148. The Balaban J connectivity index is 3.87. The van der Waals surface area contributed by atoms with E-state index >= 15 is 0 Å². The third-order valence-corrected chi connectivity index (χ3v) is 2.59. The fourth-order valence-electron chi connectivity index (χ4n) is 1.12. The maximum Gasteiger partial charge on any atom is 0.169 e. The predicted octanol–water partition coefficient (Wildman–Crippen LogP) is 2.41. The summed E-state index contributed by atoms with van der Waals surface area (Å²) in [6.45, 7) is 15.0. The highest BCUT2D eigenvalue weighted by molar-refractivity contribution is 4.76. The van der Waals surface area contributed by atoms with Gasteiger partial charge in [0.1, 0.15) is 0 Å². The van der Waals surface area contributed by atoms with E-state index in [1.165, 1.54) is 0 Å². The fraction of sp³-hybridized carbons (Fsp3) is 1.00. The first-order valence-electron chi connectivity index (χ1n) is 5.88. The molecule has 0 aliphatic rings. The molecule has 0 radical (unpaired) electrons. The van der Waals surface area contributed by atoms with Crippen LogP contribution in [0.5, 0.6) is 0 Å². The molecule has 1 N–H and O–H groups in total. The Kier molecular flexibility index (Phi) is 7.14. The summed E-state index contributed by atoms with van der Waals surface area (Å²) < 4.78 is 10.9. The highest BCUT2D eigenvalue weighted by Crippen LogP contribution is 2.18. The molecule has 0 aliphatic carbocycles. The van der Waals surface area contributed by atoms with Crippen molar-refractivity contribution < 1.29 is 9.47 Å². The SMILES string of the molecule is CCOC(CNC(C)C(C)(C)C)OCC. The molecule has 1 atom stereocenters. The monoisotopic (exact) mass is 217 g/mol. The van der Waals surface area contributed by atoms with Gasteiger partial charge in [0.25, 0.3) is 0 Å². The summed E-state index contributed by atoms with van der Waals surface area (Å²) in [7, 11) is 0. The number of ether oxygens (including phenoxy) is 2. The van der Waals surface area contributed by atoms with E-state index in [0.717, 1.165) is 6.54 Å². The molecule has 0 aromatic rings. The summed E-state index contributed by atoms with van der Waals surface area (Å²) in [5, 5.41) is 3.44. The van der Waals surface area contributed by atoms with Gasteiger partial charge in [-0.05, 0) is 26.2 Å². The molecule has 0 saturated carbocycles. The second-order valence-corrected chi connectivity index (χ2v) is 4.84. The molecule has 0 rings (SSSR count). The maximum atomic E-state index is 5.46. The Morgan fingerprint density at radius 1 is 1.07 bits per heavy atom. The molecule has 15 heavy (non-hydrogen) atoms. The molecule has 0 fully saturated rings. The van der Waals surface area contributed by atoms with Gasteiger partial charge in [0.05, 0.1) is 0 Å². The van der Waals surface area contributed by atoms with Gasteiger partial charge < -0.3 is 14.8 Å². The van der Waals surface area contributed by atoms with Crippen molar-refractivity contribution in [2.24, 2.45) is 5.41 Å². The summed E-state index contributed by atoms with van der Waals surface area (Å²) in [6, 6.07) is 0.445. The van der Waals surface area contributed by atoms with Gasteiger partial charge in [-0.15, -0.1) is 0 Å². The van der Waals surface area contributed by atoms with E-state index in [4.69, 9.17) is 9.47 Å². The van der Waals surface area contributed by atoms with Crippen LogP contribution in [0.25, 0.3) is 0 Å². The van der Waals surface area contributed by atoms with Crippen molar-refractivity contribution >= 4 is 0 Å². The maximum absolute atomic E-state index is 5.46. The summed E-state index contributed by atoms with van der Waals surface area (Å²) >= 11 is 0. The van der Waals surface area contributed by atoms with E-state index in [1.54, 1.807) is 0 Å². The van der Waals surface area contributed by atoms with Gasteiger partial charge in [-0.3, -0.25) is 0 Å². The topological polar surface area (TPSA) is 30.5 Å². The second-order valence-electron chi connectivity index (χ2n) is 4.84. The van der Waals surface area contributed by atoms with Gasteiger partial charge in [-0.2, -0.15) is 0 Å². The van der Waals surface area contributed by atoms with E-state index in [-0.39, 0.29) is 11.7 Å². The van der Waals surface area contributed by atoms with Gasteiger partial charge >= 0.3 is 0 Å². The normalized spacial score (nSPS) is 14.6. The Morgan fingerprint density at radius 3 is 1.87 bits per heavy atom. The number of rotatable bonds is 7. The van der Waals surface area contributed by atoms with Crippen molar-refractivity contribution in [3.05, 3.63) is 0 Å². The van der Waals surface area contributed by atoms with Gasteiger partial charge in [0.15, 0.2) is 6.29 Å². The zero-order chi connectivity index (χ0) is 11.9. The van der Waals surface area contributed by atoms with Crippen LogP contribution in [0.2, 0.25) is 0 Å². The Morgan fingerprint density at radius 2 is 1.53 bits per heavy atom. The minimum absolute atomic E-state index is 0.121. The first kappa shape index (κ1) is 14.9. The molecule has 0 spiro atoms. The lowest BCUT2D eigenvalue weighted by Gasteiger charge is -2.29. The third-order valence-electron chi connectivity index (χ3n) is 2.59. The van der Waals surface area contributed by atoms with Crippen molar-refractivity contribution in [2.45, 2.75) is 53.9 Å². The van der Waals surface area contributed by atoms with Crippen molar-refractivity contribution in [1.29, 1.82) is 0 Å². The number of hydrogen-bond acceptors (Lipinski definition) is 3. The first-order valence-corrected chi connectivity index (χ1v) is 5.88. The van der Waals surface area contributed by atoms with E-state index in [2.05, 4.69) is 33.0 Å². The van der Waals surface area contributed by atoms with Crippen LogP contribution in [0.1, 0.15) is 41.5 Å². The minimum Gasteiger partial charge on any atom is -0.352 e. The molecular formula is C12H27NO2. The molecule has 0 aliphatic heterocycles. The molecule has 0 saturated heterocycles. The lowest BCUT2D eigenvalue weighted by molar-refractivity contribution is -0.134. The van der Waals surface area contributed by atoms with Gasteiger partial charge in [-0.1, -0.05) is 20.8 Å². The second kappa shape index (κ2) is 7.20. The summed E-state index contributed by atoms with van der Waals surface area (Å²) in [4.78, 5) is 0. The molecule has 0 amide bonds. The minimum atomic E-state index is -0.121. The van der Waals surface area contributed by atoms with Gasteiger partial charge in [0, 0.05) is 25.8 Å². The van der Waals surface area contributed by atoms with Crippen LogP contribution in [0, 0.1) is 5.41 Å². The zero-order valence-electron chi connectivity index (χ0n) is 11.1. The van der Waals surface area contributed by atoms with Crippen molar-refractivity contribution in [2.75, 3.05) is 19.8 Å².